The van der Waals surface area contributed by atoms with Gasteiger partial charge in [-0.15, -0.1) is 0 Å². The quantitative estimate of drug-likeness (QED) is 0.0328. The molecule has 0 aromatic carbocycles. The van der Waals surface area contributed by atoms with Gasteiger partial charge in [0.1, 0.15) is 18.8 Å². The maximum absolute atomic E-state index is 15.0. The van der Waals surface area contributed by atoms with Gasteiger partial charge in [0.05, 0.1) is 13.2 Å². The third-order valence-corrected chi connectivity index (χ3v) is 29.4. The van der Waals surface area contributed by atoms with Gasteiger partial charge in [-0.2, -0.15) is 0 Å². The van der Waals surface area contributed by atoms with Crippen molar-refractivity contribution in [2.45, 2.75) is 713 Å². The molecule has 0 saturated carbocycles. The van der Waals surface area contributed by atoms with Gasteiger partial charge in [0.2, 0.25) is 12.1 Å². The van der Waals surface area contributed by atoms with Crippen molar-refractivity contribution in [3.8, 4) is 0 Å². The van der Waals surface area contributed by atoms with Crippen molar-refractivity contribution in [1.82, 2.24) is 0 Å². The molecule has 0 radical (unpaired) electrons. The summed E-state index contributed by atoms with van der Waals surface area (Å²) >= 11 is 0. The molecule has 2 fully saturated rings. The molecule has 2 rings (SSSR count). The van der Waals surface area contributed by atoms with Crippen molar-refractivity contribution in [2.24, 2.45) is 0 Å². The average molecular weight is 1940 g/mol. The van der Waals surface area contributed by atoms with Crippen molar-refractivity contribution in [3.63, 3.8) is 0 Å². The summed E-state index contributed by atoms with van der Waals surface area (Å²) in [5.74, 6) is -6.26. The van der Waals surface area contributed by atoms with Crippen LogP contribution in [0.4, 0.5) is 0 Å². The van der Waals surface area contributed by atoms with E-state index in [0.717, 1.165) is 154 Å². The van der Waals surface area contributed by atoms with Crippen LogP contribution in [0.2, 0.25) is 0 Å². The van der Waals surface area contributed by atoms with E-state index in [1.54, 1.807) is 0 Å². The Kier molecular flexibility index (Phi) is 93.4. The van der Waals surface area contributed by atoms with Crippen molar-refractivity contribution in [3.05, 3.63) is 0 Å². The maximum Gasteiger partial charge on any atom is 0.306 e. The number of aliphatic hydroxyl groups is 2. The average Bonchev–Trinajstić information content (AvgIpc) is 1.60. The van der Waals surface area contributed by atoms with E-state index in [9.17, 15) is 34.2 Å². The lowest BCUT2D eigenvalue weighted by atomic mass is 9.97. The van der Waals surface area contributed by atoms with Gasteiger partial charge in [-0.1, -0.05) is 581 Å². The zero-order chi connectivity index (χ0) is 99.0. The molecular weight excluding hydrogens is 1710 g/mol. The van der Waals surface area contributed by atoms with Gasteiger partial charge in [0.15, 0.2) is 30.5 Å². The van der Waals surface area contributed by atoms with Gasteiger partial charge < -0.3 is 52.8 Å². The number of carbonyl (C=O) groups excluding carboxylic acids is 6. The monoisotopic (exact) mass is 1940 g/mol. The summed E-state index contributed by atoms with van der Waals surface area (Å²) in [6, 6.07) is 0. The molecule has 9 atom stereocenters. The van der Waals surface area contributed by atoms with Crippen molar-refractivity contribution >= 4 is 35.8 Å². The van der Waals surface area contributed by atoms with Crippen LogP contribution in [0.5, 0.6) is 0 Å². The highest BCUT2D eigenvalue weighted by Crippen LogP contribution is 2.43. The number of esters is 6. The highest BCUT2D eigenvalue weighted by atomic mass is 16.8. The Labute approximate surface area is 845 Å². The number of carbonyl (C=O) groups is 6. The molecule has 2 N–H and O–H groups in total. The van der Waals surface area contributed by atoms with E-state index in [4.69, 9.17) is 42.6 Å². The van der Waals surface area contributed by atoms with Gasteiger partial charge in [-0.25, -0.2) is 0 Å². The van der Waals surface area contributed by atoms with Crippen LogP contribution < -0.4 is 0 Å². The fraction of sp³-hybridized carbons (Fsp3) is 0.950. The van der Waals surface area contributed by atoms with Gasteiger partial charge in [0, 0.05) is 38.5 Å². The summed E-state index contributed by atoms with van der Waals surface area (Å²) in [6.45, 7) is 11.2. The maximum atomic E-state index is 15.0. The summed E-state index contributed by atoms with van der Waals surface area (Å²) in [6.07, 6.45) is 90.6. The Hall–Kier alpha value is -3.38. The molecule has 0 unspecified atom stereocenters. The van der Waals surface area contributed by atoms with E-state index in [1.165, 1.54) is 385 Å². The fourth-order valence-electron chi connectivity index (χ4n) is 20.4. The van der Waals surface area contributed by atoms with Gasteiger partial charge in [0.25, 0.3) is 0 Å². The second-order valence-electron chi connectivity index (χ2n) is 42.6. The molecule has 2 aliphatic heterocycles. The lowest BCUT2D eigenvalue weighted by molar-refractivity contribution is -0.384. The van der Waals surface area contributed by atoms with Gasteiger partial charge in [-0.05, 0) is 38.5 Å². The van der Waals surface area contributed by atoms with Crippen LogP contribution in [0.25, 0.3) is 0 Å². The minimum absolute atomic E-state index is 0.00508. The van der Waals surface area contributed by atoms with Gasteiger partial charge in [-0.3, -0.25) is 28.8 Å². The molecule has 17 nitrogen and oxygen atoms in total. The Bertz CT molecular complexity index is 2640. The highest BCUT2D eigenvalue weighted by molar-refractivity contribution is 5.73. The molecule has 137 heavy (non-hydrogen) atoms. The zero-order valence-corrected chi connectivity index (χ0v) is 91.1. The summed E-state index contributed by atoms with van der Waals surface area (Å²) in [5, 5.41) is 23.4. The van der Waals surface area contributed by atoms with Crippen LogP contribution >= 0.6 is 0 Å². The van der Waals surface area contributed by atoms with Crippen LogP contribution in [0, 0.1) is 0 Å². The molecular formula is C120H226O17. The van der Waals surface area contributed by atoms with Crippen LogP contribution in [-0.4, -0.2) is 121 Å². The summed E-state index contributed by atoms with van der Waals surface area (Å²) < 4.78 is 60.2. The highest BCUT2D eigenvalue weighted by Gasteiger charge is 2.65. The molecule has 0 spiro atoms. The second kappa shape index (κ2) is 98.6. The SMILES string of the molecule is CCCCCCCCCCCCCCCCCC(=O)OC[C@@]1(O[C@H]2O[C@H](CO)[C@@H](OC(=O)CCCCCCCCCCCCCCCCC)[C@H](OC(=O)CCCCCCCCCCCCCCCCC)[C@H]2OC(=O)CCCCCCCCCCCCCCCCC)O[C@H](CO)[C@@H](OC(=O)CCCCCCCCCCCCCCCCC)[C@@H]1OC(=O)CCCCCCCCCCCCCCCCC. The predicted molar refractivity (Wildman–Crippen MR) is 569 cm³/mol. The first kappa shape index (κ1) is 130. The van der Waals surface area contributed by atoms with E-state index in [2.05, 4.69) is 41.5 Å². The third kappa shape index (κ3) is 75.9. The van der Waals surface area contributed by atoms with Crippen LogP contribution in [0.1, 0.15) is 658 Å². The van der Waals surface area contributed by atoms with E-state index in [-0.39, 0.29) is 38.5 Å². The van der Waals surface area contributed by atoms with Crippen molar-refractivity contribution in [1.29, 1.82) is 0 Å². The minimum atomic E-state index is -2.48. The summed E-state index contributed by atoms with van der Waals surface area (Å²) in [4.78, 5) is 88.7. The number of hydrogen-bond donors (Lipinski definition) is 2. The van der Waals surface area contributed by atoms with Crippen LogP contribution in [-0.2, 0) is 71.4 Å². The normalized spacial score (nSPS) is 18.2. The number of unbranched alkanes of at least 4 members (excludes halogenated alkanes) is 84. The van der Waals surface area contributed by atoms with E-state index >= 15 is 4.79 Å². The summed E-state index contributed by atoms with van der Waals surface area (Å²) in [5.41, 5.74) is 0. The van der Waals surface area contributed by atoms with Gasteiger partial charge >= 0.3 is 35.8 Å². The van der Waals surface area contributed by atoms with E-state index < -0.39 is 110 Å². The topological polar surface area (TPSA) is 226 Å². The lowest BCUT2D eigenvalue weighted by Crippen LogP contribution is -2.65. The molecule has 2 saturated heterocycles. The molecule has 2 aliphatic rings. The molecule has 2 heterocycles. The second-order valence-corrected chi connectivity index (χ2v) is 42.6. The summed E-state index contributed by atoms with van der Waals surface area (Å²) in [7, 11) is 0. The first-order valence-corrected chi connectivity index (χ1v) is 60.7. The standard InChI is InChI=1S/C120H226O17/c1-7-13-19-25-31-37-43-49-55-61-67-73-79-85-91-97-108(123)129-105-120(118(135-113(128)102-96-90-84-78-72-66-60-54-48-42-36-30-24-18-12-6)115(107(104-122)136-120)132-110(125)99-93-87-81-75-69-63-57-51-45-39-33-27-21-15-9-3)137-119-117(134-112(127)101-95-89-83-77-71-65-59-53-47-41-35-29-23-17-11-5)116(133-111(126)100-94-88-82-76-70-64-58-52-46-40-34-28-22-16-10-4)114(106(103-121)130-119)131-109(124)98-92-86-80-74-68-62-56-50-44-38-32-26-20-14-8-2/h106-107,114-119,121-122H,7-105H2,1-6H3/t106-,107-,114-,115-,116+,117-,118+,119-,120+/m1/s1. The Morgan fingerprint density at radius 2 is 0.380 bits per heavy atom. The van der Waals surface area contributed by atoms with E-state index in [0.29, 0.717) is 38.5 Å². The molecule has 17 heteroatoms. The Balaban J connectivity index is 2.76. The largest absolute Gasteiger partial charge is 0.460 e. The molecule has 0 aromatic heterocycles. The number of aliphatic hydroxyl groups excluding tert-OH is 2. The minimum Gasteiger partial charge on any atom is -0.460 e. The third-order valence-electron chi connectivity index (χ3n) is 29.4. The molecule has 0 bridgehead atoms. The molecule has 808 valence electrons. The first-order valence-electron chi connectivity index (χ1n) is 60.7. The van der Waals surface area contributed by atoms with Crippen LogP contribution in [0.15, 0.2) is 0 Å². The van der Waals surface area contributed by atoms with E-state index in [1.807, 2.05) is 0 Å². The number of rotatable bonds is 107. The van der Waals surface area contributed by atoms with Crippen LogP contribution in [0.3, 0.4) is 0 Å². The first-order chi connectivity index (χ1) is 67.4. The Morgan fingerprint density at radius 3 is 0.591 bits per heavy atom. The predicted octanol–water partition coefficient (Wildman–Crippen LogP) is 35.5. The Morgan fingerprint density at radius 1 is 0.204 bits per heavy atom. The van der Waals surface area contributed by atoms with Crippen molar-refractivity contribution < 1.29 is 81.6 Å². The smallest absolute Gasteiger partial charge is 0.306 e. The molecule has 0 aliphatic carbocycles. The zero-order valence-electron chi connectivity index (χ0n) is 91.1. The molecule has 0 aromatic rings. The molecule has 0 amide bonds. The number of ether oxygens (including phenoxy) is 9. The fourth-order valence-corrected chi connectivity index (χ4v) is 20.4. The lowest BCUT2D eigenvalue weighted by Gasteiger charge is -2.46. The number of hydrogen-bond acceptors (Lipinski definition) is 17. The van der Waals surface area contributed by atoms with Crippen molar-refractivity contribution in [2.75, 3.05) is 19.8 Å².